The van der Waals surface area contributed by atoms with E-state index in [4.69, 9.17) is 43.6 Å². The Morgan fingerprint density at radius 1 is 0.849 bits per heavy atom. The van der Waals surface area contributed by atoms with Gasteiger partial charge in [-0.15, -0.1) is 0 Å². The molecule has 3 aliphatic heterocycles. The molecule has 0 aromatic carbocycles. The summed E-state index contributed by atoms with van der Waals surface area (Å²) in [6, 6.07) is -4.97. The second-order valence-electron chi connectivity index (χ2n) is 24.0. The van der Waals surface area contributed by atoms with Crippen LogP contribution in [0.1, 0.15) is 123 Å². The van der Waals surface area contributed by atoms with E-state index in [0.29, 0.717) is 5.76 Å². The summed E-state index contributed by atoms with van der Waals surface area (Å²) < 4.78 is 47.4. The van der Waals surface area contributed by atoms with Crippen molar-refractivity contribution < 1.29 is 82.3 Å². The van der Waals surface area contributed by atoms with Crippen molar-refractivity contribution in [2.45, 2.75) is 224 Å². The second-order valence-corrected chi connectivity index (χ2v) is 24.0. The van der Waals surface area contributed by atoms with Gasteiger partial charge in [0.1, 0.15) is 63.9 Å². The summed E-state index contributed by atoms with van der Waals surface area (Å²) in [5.41, 5.74) is -0.245. The Labute approximate surface area is 429 Å². The summed E-state index contributed by atoms with van der Waals surface area (Å²) in [6.45, 7) is 24.8. The van der Waals surface area contributed by atoms with Crippen LogP contribution in [0, 0.1) is 5.92 Å². The fourth-order valence-corrected chi connectivity index (χ4v) is 9.35. The largest absolute Gasteiger partial charge is 0.492 e. The zero-order valence-electron chi connectivity index (χ0n) is 45.7. The van der Waals surface area contributed by atoms with Crippen molar-refractivity contribution in [2.75, 3.05) is 39.9 Å². The highest BCUT2D eigenvalue weighted by molar-refractivity contribution is 5.81. The molecule has 0 spiro atoms. The Kier molecular flexibility index (Phi) is 19.9. The summed E-state index contributed by atoms with van der Waals surface area (Å²) >= 11 is 0. The molecule has 2 unspecified atom stereocenters. The van der Waals surface area contributed by atoms with E-state index in [0.717, 1.165) is 4.90 Å². The lowest BCUT2D eigenvalue weighted by atomic mass is 9.72. The van der Waals surface area contributed by atoms with Crippen LogP contribution in [0.5, 0.6) is 0 Å². The lowest BCUT2D eigenvalue weighted by Crippen LogP contribution is -2.71. The van der Waals surface area contributed by atoms with Gasteiger partial charge in [0.15, 0.2) is 6.29 Å². The normalized spacial score (nSPS) is 31.2. The number of carbonyl (C=O) groups is 5. The number of nitrogens with two attached hydrogens (primary N) is 1. The van der Waals surface area contributed by atoms with Gasteiger partial charge in [0.2, 0.25) is 5.91 Å². The molecule has 420 valence electrons. The number of hydrogen-bond donors (Lipinski definition) is 9. The molecule has 13 atom stereocenters. The minimum atomic E-state index is -1.86. The molecule has 24 heteroatoms. The molecule has 0 radical (unpaired) electrons. The van der Waals surface area contributed by atoms with Gasteiger partial charge >= 0.3 is 24.4 Å². The maximum atomic E-state index is 14.0. The predicted octanol–water partition coefficient (Wildman–Crippen LogP) is 2.07. The highest BCUT2D eigenvalue weighted by Crippen LogP contribution is 2.39. The highest BCUT2D eigenvalue weighted by Gasteiger charge is 2.57. The Balaban J connectivity index is 1.78. The van der Waals surface area contributed by atoms with Crippen LogP contribution in [0.2, 0.25) is 0 Å². The summed E-state index contributed by atoms with van der Waals surface area (Å²) in [5.74, 6) is -1.73. The molecule has 4 aliphatic rings. The van der Waals surface area contributed by atoms with Crippen molar-refractivity contribution in [1.29, 1.82) is 0 Å². The zero-order chi connectivity index (χ0) is 55.4. The molecule has 1 aliphatic carbocycles. The summed E-state index contributed by atoms with van der Waals surface area (Å²) in [6.07, 6.45) is -11.0. The Morgan fingerprint density at radius 2 is 1.44 bits per heavy atom. The van der Waals surface area contributed by atoms with Gasteiger partial charge in [0, 0.05) is 38.1 Å². The van der Waals surface area contributed by atoms with Crippen molar-refractivity contribution in [1.82, 2.24) is 31.1 Å². The number of likely N-dealkylation sites (N-methyl/N-ethyl adjacent to an activating group) is 1. The van der Waals surface area contributed by atoms with Crippen molar-refractivity contribution in [3.05, 3.63) is 11.8 Å². The molecule has 3 fully saturated rings. The van der Waals surface area contributed by atoms with Gasteiger partial charge in [-0.1, -0.05) is 0 Å². The van der Waals surface area contributed by atoms with E-state index in [2.05, 4.69) is 21.3 Å². The van der Waals surface area contributed by atoms with Crippen LogP contribution in [0.15, 0.2) is 11.8 Å². The lowest BCUT2D eigenvalue weighted by molar-refractivity contribution is -0.305. The van der Waals surface area contributed by atoms with Gasteiger partial charge in [-0.05, 0) is 129 Å². The number of aliphatic hydroxyl groups is 4. The van der Waals surface area contributed by atoms with E-state index in [1.165, 1.54) is 18.9 Å². The molecule has 0 bridgehead atoms. The van der Waals surface area contributed by atoms with Crippen LogP contribution < -0.4 is 27.0 Å². The number of carbonyl (C=O) groups excluding carboxylic acids is 5. The SMILES string of the molecule is CN(C(=O)OC(C)(C)C)[C@@H]1[C@@H](O)[C@@H](O[C@@H]2[C@@H](O)[C@H](C3OC(CN)=CC[C@H]3NCC3COC(C)(C)N3C(=O)OC(C)(C)C)[C@@H](NC(=O)OC(C)(C)C)C[C@H]2NC(=O)[C@@H](O)CCNC(=O)OC(C)(C)C)OC[C@]1(C)O. The first-order valence-corrected chi connectivity index (χ1v) is 25.0. The first kappa shape index (κ1) is 61.3. The van der Waals surface area contributed by atoms with Crippen molar-refractivity contribution >= 4 is 30.3 Å². The van der Waals surface area contributed by atoms with Crippen LogP contribution in [-0.2, 0) is 42.7 Å². The Hall–Kier alpha value is -4.27. The first-order valence-electron chi connectivity index (χ1n) is 25.0. The average Bonchev–Trinajstić information content (AvgIpc) is 3.52. The average molecular weight is 1050 g/mol. The van der Waals surface area contributed by atoms with Crippen LogP contribution >= 0.6 is 0 Å². The topological polar surface area (TPSA) is 321 Å². The molecule has 2 saturated heterocycles. The number of amides is 5. The van der Waals surface area contributed by atoms with Gasteiger partial charge in [-0.3, -0.25) is 9.69 Å². The molecule has 4 rings (SSSR count). The van der Waals surface area contributed by atoms with Gasteiger partial charge in [-0.25, -0.2) is 19.2 Å². The number of rotatable bonds is 14. The van der Waals surface area contributed by atoms with Crippen LogP contribution in [0.4, 0.5) is 19.2 Å². The van der Waals surface area contributed by atoms with E-state index < -0.39 is 144 Å². The highest BCUT2D eigenvalue weighted by atomic mass is 16.7. The molecular formula is C49H87N7O17. The standard InChI is InChI=1S/C49H87N7O17/c1-44(2,3)70-40(61)51-20-19-31(57)38(60)53-30-21-29(54-41(62)71-45(4,5)6)32(33(58)36(30)69-39-34(59)37(49(15,65)25-66-39)55(16)42(63)72-46(7,8)9)35-28(18-17-27(22-50)68-35)52-23-26-24-67-48(13,14)56(26)43(64)73-47(10,11)12/h17,26,28-37,39,52,57-59,65H,18-25,50H2,1-16H3,(H,51,61)(H,53,60)(H,54,62)/t26?,28-,29+,30-,31+,32-,33+,34-,35?,36+,37-,39-,49+/m1/s1. The fraction of sp³-hybridized carbons (Fsp3) is 0.857. The molecule has 73 heavy (non-hydrogen) atoms. The maximum Gasteiger partial charge on any atom is 0.412 e. The van der Waals surface area contributed by atoms with E-state index in [1.54, 1.807) is 103 Å². The molecule has 0 aromatic rings. The van der Waals surface area contributed by atoms with E-state index in [-0.39, 0.29) is 45.5 Å². The van der Waals surface area contributed by atoms with Crippen LogP contribution in [0.25, 0.3) is 0 Å². The summed E-state index contributed by atoms with van der Waals surface area (Å²) in [7, 11) is 1.33. The number of hydrogen-bond acceptors (Lipinski definition) is 19. The van der Waals surface area contributed by atoms with E-state index >= 15 is 0 Å². The number of ether oxygens (including phenoxy) is 8. The van der Waals surface area contributed by atoms with Gasteiger partial charge in [0.25, 0.3) is 0 Å². The number of nitrogens with zero attached hydrogens (tertiary/aromatic N) is 2. The fourth-order valence-electron chi connectivity index (χ4n) is 9.35. The van der Waals surface area contributed by atoms with E-state index in [1.807, 2.05) is 0 Å². The Morgan fingerprint density at radius 3 is 2.01 bits per heavy atom. The lowest BCUT2D eigenvalue weighted by Gasteiger charge is -2.52. The maximum absolute atomic E-state index is 14.0. The molecule has 1 saturated carbocycles. The Bertz CT molecular complexity index is 1940. The van der Waals surface area contributed by atoms with Crippen molar-refractivity contribution in [3.63, 3.8) is 0 Å². The molecule has 10 N–H and O–H groups in total. The van der Waals surface area contributed by atoms with Gasteiger partial charge < -0.3 is 90.2 Å². The quantitative estimate of drug-likeness (QED) is 0.112. The third kappa shape index (κ3) is 17.4. The third-order valence-electron chi connectivity index (χ3n) is 12.3. The summed E-state index contributed by atoms with van der Waals surface area (Å²) in [5, 5.41) is 59.3. The molecular weight excluding hydrogens is 959 g/mol. The molecule has 0 aromatic heterocycles. The first-order chi connectivity index (χ1) is 33.3. The number of nitrogens with one attached hydrogen (secondary N) is 4. The number of aliphatic hydroxyl groups excluding tert-OH is 3. The van der Waals surface area contributed by atoms with Gasteiger partial charge in [0.05, 0.1) is 44.0 Å². The van der Waals surface area contributed by atoms with E-state index in [9.17, 15) is 44.4 Å². The predicted molar refractivity (Wildman–Crippen MR) is 263 cm³/mol. The third-order valence-corrected chi connectivity index (χ3v) is 12.3. The second kappa shape index (κ2) is 23.7. The minimum absolute atomic E-state index is 0.0405. The number of alkyl carbamates (subject to hydrolysis) is 2. The van der Waals surface area contributed by atoms with Crippen molar-refractivity contribution in [2.24, 2.45) is 11.7 Å². The van der Waals surface area contributed by atoms with Gasteiger partial charge in [-0.2, -0.15) is 0 Å². The summed E-state index contributed by atoms with van der Waals surface area (Å²) in [4.78, 5) is 69.6. The smallest absolute Gasteiger partial charge is 0.412 e. The zero-order valence-corrected chi connectivity index (χ0v) is 45.7. The minimum Gasteiger partial charge on any atom is -0.492 e. The van der Waals surface area contributed by atoms with Crippen LogP contribution in [0.3, 0.4) is 0 Å². The molecule has 5 amide bonds. The van der Waals surface area contributed by atoms with Crippen molar-refractivity contribution in [3.8, 4) is 0 Å². The monoisotopic (exact) mass is 1050 g/mol. The van der Waals surface area contributed by atoms with Crippen LogP contribution in [-0.4, -0.2) is 201 Å². The molecule has 3 heterocycles. The molecule has 24 nitrogen and oxygen atoms in total.